The number of Topliss-reactive ketones (excluding diaryl/α,β-unsaturated/α-hetero) is 1. The van der Waals surface area contributed by atoms with Gasteiger partial charge >= 0.3 is 0 Å². The Kier molecular flexibility index (Phi) is 4.95. The van der Waals surface area contributed by atoms with Gasteiger partial charge in [-0.2, -0.15) is 0 Å². The number of aromatic nitrogens is 2. The van der Waals surface area contributed by atoms with Crippen molar-refractivity contribution in [2.24, 2.45) is 0 Å². The average molecular weight is 447 g/mol. The normalized spacial score (nSPS) is 16.2. The zero-order chi connectivity index (χ0) is 22.2. The largest absolute Gasteiger partial charge is 0.503 e. The second kappa shape index (κ2) is 7.93. The van der Waals surface area contributed by atoms with E-state index in [0.29, 0.717) is 28.7 Å². The molecule has 5 rings (SSSR count). The van der Waals surface area contributed by atoms with Crippen molar-refractivity contribution in [3.05, 3.63) is 83.8 Å². The Balaban J connectivity index is 1.64. The second-order valence-corrected chi connectivity index (χ2v) is 7.97. The van der Waals surface area contributed by atoms with Gasteiger partial charge < -0.3 is 14.3 Å². The van der Waals surface area contributed by atoms with Crippen LogP contribution in [0.25, 0.3) is 10.2 Å². The molecule has 1 atom stereocenters. The van der Waals surface area contributed by atoms with E-state index in [1.165, 1.54) is 28.6 Å². The lowest BCUT2D eigenvalue weighted by Gasteiger charge is -2.23. The van der Waals surface area contributed by atoms with Gasteiger partial charge in [-0.25, -0.2) is 4.98 Å². The molecule has 0 radical (unpaired) electrons. The van der Waals surface area contributed by atoms with Crippen molar-refractivity contribution in [2.45, 2.75) is 13.0 Å². The number of anilines is 1. The number of furan rings is 1. The molecule has 160 valence electrons. The second-order valence-electron chi connectivity index (χ2n) is 6.96. The number of pyridine rings is 1. The smallest absolute Gasteiger partial charge is 0.296 e. The van der Waals surface area contributed by atoms with Gasteiger partial charge in [0, 0.05) is 6.20 Å². The molecule has 0 fully saturated rings. The van der Waals surface area contributed by atoms with Gasteiger partial charge in [-0.05, 0) is 49.4 Å². The number of thiazole rings is 1. The van der Waals surface area contributed by atoms with E-state index in [0.717, 1.165) is 4.70 Å². The number of carbonyl (C=O) groups excluding carboxylic acids is 2. The van der Waals surface area contributed by atoms with Crippen LogP contribution in [0, 0.1) is 0 Å². The molecule has 3 aromatic heterocycles. The van der Waals surface area contributed by atoms with Crippen LogP contribution in [0.15, 0.2) is 76.7 Å². The first-order valence-corrected chi connectivity index (χ1v) is 10.7. The van der Waals surface area contributed by atoms with Gasteiger partial charge in [0.25, 0.3) is 5.91 Å². The number of ketones is 1. The van der Waals surface area contributed by atoms with Gasteiger partial charge in [0.15, 0.2) is 16.7 Å². The topological polar surface area (TPSA) is 106 Å². The molecule has 9 heteroatoms. The van der Waals surface area contributed by atoms with Crippen molar-refractivity contribution in [2.75, 3.05) is 11.5 Å². The Labute approximate surface area is 186 Å². The van der Waals surface area contributed by atoms with E-state index in [1.54, 1.807) is 42.6 Å². The SMILES string of the molecule is CCOc1ccc2nc(N3C(=O)C(O)=C(C(=O)c4ccco4)C3c3ccccn3)sc2c1. The van der Waals surface area contributed by atoms with E-state index in [4.69, 9.17) is 9.15 Å². The first-order valence-electron chi connectivity index (χ1n) is 9.87. The summed E-state index contributed by atoms with van der Waals surface area (Å²) in [5.74, 6) is -1.23. The molecule has 0 bridgehead atoms. The third kappa shape index (κ3) is 3.23. The lowest BCUT2D eigenvalue weighted by Crippen LogP contribution is -2.31. The monoisotopic (exact) mass is 447 g/mol. The highest BCUT2D eigenvalue weighted by atomic mass is 32.1. The minimum atomic E-state index is -0.951. The Morgan fingerprint density at radius 1 is 1.25 bits per heavy atom. The van der Waals surface area contributed by atoms with E-state index >= 15 is 0 Å². The van der Waals surface area contributed by atoms with Crippen LogP contribution in [0.2, 0.25) is 0 Å². The number of fused-ring (bicyclic) bond motifs is 1. The highest BCUT2D eigenvalue weighted by molar-refractivity contribution is 7.22. The van der Waals surface area contributed by atoms with Crippen molar-refractivity contribution >= 4 is 38.4 Å². The molecule has 0 aliphatic carbocycles. The van der Waals surface area contributed by atoms with E-state index in [2.05, 4.69) is 9.97 Å². The molecule has 0 saturated heterocycles. The molecule has 1 amide bonds. The average Bonchev–Trinajstić information content (AvgIpc) is 3.53. The molecule has 4 heterocycles. The molecule has 0 spiro atoms. The molecule has 32 heavy (non-hydrogen) atoms. The van der Waals surface area contributed by atoms with Gasteiger partial charge in [-0.3, -0.25) is 19.5 Å². The maximum atomic E-state index is 13.2. The summed E-state index contributed by atoms with van der Waals surface area (Å²) in [6.07, 6.45) is 2.92. The van der Waals surface area contributed by atoms with Crippen molar-refractivity contribution < 1.29 is 23.8 Å². The minimum Gasteiger partial charge on any atom is -0.503 e. The summed E-state index contributed by atoms with van der Waals surface area (Å²) in [5.41, 5.74) is 0.998. The van der Waals surface area contributed by atoms with Crippen molar-refractivity contribution in [1.29, 1.82) is 0 Å². The first-order chi connectivity index (χ1) is 15.6. The van der Waals surface area contributed by atoms with Crippen molar-refractivity contribution in [3.63, 3.8) is 0 Å². The van der Waals surface area contributed by atoms with Crippen LogP contribution in [0.3, 0.4) is 0 Å². The molecular weight excluding hydrogens is 430 g/mol. The van der Waals surface area contributed by atoms with Crippen LogP contribution in [-0.4, -0.2) is 33.4 Å². The zero-order valence-corrected chi connectivity index (χ0v) is 17.7. The maximum absolute atomic E-state index is 13.2. The fourth-order valence-electron chi connectivity index (χ4n) is 3.64. The van der Waals surface area contributed by atoms with E-state index in [1.807, 2.05) is 13.0 Å². The molecule has 8 nitrogen and oxygen atoms in total. The molecule has 1 aliphatic heterocycles. The summed E-state index contributed by atoms with van der Waals surface area (Å²) in [5, 5.41) is 11.1. The third-order valence-electron chi connectivity index (χ3n) is 5.03. The van der Waals surface area contributed by atoms with Crippen molar-refractivity contribution in [1.82, 2.24) is 9.97 Å². The quantitative estimate of drug-likeness (QED) is 0.435. The number of aliphatic hydroxyl groups excluding tert-OH is 1. The molecule has 4 aromatic rings. The number of aliphatic hydroxyl groups is 1. The van der Waals surface area contributed by atoms with Crippen LogP contribution in [0.5, 0.6) is 5.75 Å². The van der Waals surface area contributed by atoms with Crippen LogP contribution in [-0.2, 0) is 4.79 Å². The van der Waals surface area contributed by atoms with E-state index in [-0.39, 0.29) is 11.3 Å². The molecule has 1 aliphatic rings. The highest BCUT2D eigenvalue weighted by Gasteiger charge is 2.47. The summed E-state index contributed by atoms with van der Waals surface area (Å²) in [6.45, 7) is 2.42. The van der Waals surface area contributed by atoms with Gasteiger partial charge in [-0.1, -0.05) is 17.4 Å². The fraction of sp³-hybridized carbons (Fsp3) is 0.130. The third-order valence-corrected chi connectivity index (χ3v) is 6.05. The van der Waals surface area contributed by atoms with Crippen LogP contribution >= 0.6 is 11.3 Å². The number of rotatable bonds is 6. The number of benzene rings is 1. The summed E-state index contributed by atoms with van der Waals surface area (Å²) >= 11 is 1.26. The Morgan fingerprint density at radius 2 is 2.12 bits per heavy atom. The summed E-state index contributed by atoms with van der Waals surface area (Å²) in [4.78, 5) is 36.6. The number of ether oxygens (including phenoxy) is 1. The maximum Gasteiger partial charge on any atom is 0.296 e. The molecular formula is C23H17N3O5S. The minimum absolute atomic E-state index is 0.0211. The van der Waals surface area contributed by atoms with Gasteiger partial charge in [0.2, 0.25) is 5.78 Å². The Bertz CT molecular complexity index is 1340. The molecule has 1 N–H and O–H groups in total. The predicted octanol–water partition coefficient (Wildman–Crippen LogP) is 4.47. The van der Waals surface area contributed by atoms with Crippen molar-refractivity contribution in [3.8, 4) is 5.75 Å². The summed E-state index contributed by atoms with van der Waals surface area (Å²) < 4.78 is 11.6. The van der Waals surface area contributed by atoms with Gasteiger partial charge in [0.05, 0.1) is 34.4 Å². The molecule has 0 saturated carbocycles. The van der Waals surface area contributed by atoms with Gasteiger partial charge in [-0.15, -0.1) is 0 Å². The Morgan fingerprint density at radius 3 is 2.84 bits per heavy atom. The Hall–Kier alpha value is -3.98. The van der Waals surface area contributed by atoms with Crippen LogP contribution in [0.1, 0.15) is 29.2 Å². The van der Waals surface area contributed by atoms with Crippen LogP contribution in [0.4, 0.5) is 5.13 Å². The molecule has 1 unspecified atom stereocenters. The van der Waals surface area contributed by atoms with E-state index in [9.17, 15) is 14.7 Å². The van der Waals surface area contributed by atoms with Gasteiger partial charge in [0.1, 0.15) is 11.8 Å². The number of carbonyl (C=O) groups is 2. The number of hydrogen-bond acceptors (Lipinski definition) is 8. The van der Waals surface area contributed by atoms with E-state index < -0.39 is 23.5 Å². The number of amides is 1. The summed E-state index contributed by atoms with van der Waals surface area (Å²) in [6, 6.07) is 12.7. The summed E-state index contributed by atoms with van der Waals surface area (Å²) in [7, 11) is 0. The standard InChI is InChI=1S/C23H17N3O5S/c1-2-30-13-8-9-14-17(12-13)32-23(25-14)26-19(15-6-3-4-10-24-15)18(21(28)22(26)29)20(27)16-7-5-11-31-16/h3-12,19,28H,2H2,1H3. The highest BCUT2D eigenvalue weighted by Crippen LogP contribution is 2.44. The lowest BCUT2D eigenvalue weighted by molar-refractivity contribution is -0.117. The number of hydrogen-bond donors (Lipinski definition) is 1. The first kappa shape index (κ1) is 20.0. The lowest BCUT2D eigenvalue weighted by atomic mass is 9.99. The molecule has 1 aromatic carbocycles. The fourth-order valence-corrected chi connectivity index (χ4v) is 4.67. The number of nitrogens with zero attached hydrogens (tertiary/aromatic N) is 3. The van der Waals surface area contributed by atoms with Crippen LogP contribution < -0.4 is 9.64 Å². The predicted molar refractivity (Wildman–Crippen MR) is 118 cm³/mol. The zero-order valence-electron chi connectivity index (χ0n) is 16.9.